The number of carbonyl (C=O) groups excluding carboxylic acids is 1. The Kier molecular flexibility index (Phi) is 5.44. The average Bonchev–Trinajstić information content (AvgIpc) is 2.61. The van der Waals surface area contributed by atoms with Crippen molar-refractivity contribution in [3.05, 3.63) is 65.6 Å². The van der Waals surface area contributed by atoms with Gasteiger partial charge in [-0.1, -0.05) is 6.07 Å². The maximum Gasteiger partial charge on any atom is 0.229 e. The van der Waals surface area contributed by atoms with Crippen molar-refractivity contribution in [1.82, 2.24) is 9.97 Å². The fourth-order valence-electron chi connectivity index (χ4n) is 2.46. The van der Waals surface area contributed by atoms with Gasteiger partial charge in [-0.2, -0.15) is 4.98 Å². The minimum atomic E-state index is -1.57. The number of nitrogens with zero attached hydrogens (tertiary/aromatic N) is 2. The van der Waals surface area contributed by atoms with Crippen LogP contribution in [0.2, 0.25) is 0 Å². The zero-order valence-electron chi connectivity index (χ0n) is 15.0. The molecular weight excluding hydrogens is 371 g/mol. The number of benzene rings is 2. The number of nitrogens with one attached hydrogen (secondary N) is 3. The Morgan fingerprint density at radius 3 is 2.43 bits per heavy atom. The molecule has 3 aromatic rings. The molecule has 0 atom stereocenters. The lowest BCUT2D eigenvalue weighted by Crippen LogP contribution is -2.06. The fourth-order valence-corrected chi connectivity index (χ4v) is 2.46. The predicted octanol–water partition coefficient (Wildman–Crippen LogP) is 4.65. The SMILES string of the molecule is CC(=O)Nc1cccc(Nc2nc(C)cc(Nc3ccc(F)c(F)c3F)n2)c1. The molecule has 1 aromatic heterocycles. The van der Waals surface area contributed by atoms with E-state index in [9.17, 15) is 18.0 Å². The van der Waals surface area contributed by atoms with Gasteiger partial charge in [0.1, 0.15) is 5.82 Å². The third kappa shape index (κ3) is 4.56. The van der Waals surface area contributed by atoms with Gasteiger partial charge in [-0.25, -0.2) is 18.2 Å². The number of amides is 1. The molecule has 6 nitrogen and oxygen atoms in total. The Hall–Kier alpha value is -3.62. The van der Waals surface area contributed by atoms with Gasteiger partial charge in [0, 0.05) is 30.1 Å². The van der Waals surface area contributed by atoms with Gasteiger partial charge in [-0.05, 0) is 37.3 Å². The lowest BCUT2D eigenvalue weighted by atomic mass is 10.2. The molecule has 0 saturated heterocycles. The van der Waals surface area contributed by atoms with Crippen LogP contribution in [0.1, 0.15) is 12.6 Å². The van der Waals surface area contributed by atoms with Gasteiger partial charge in [-0.3, -0.25) is 4.79 Å². The smallest absolute Gasteiger partial charge is 0.229 e. The van der Waals surface area contributed by atoms with Gasteiger partial charge < -0.3 is 16.0 Å². The molecule has 0 radical (unpaired) electrons. The van der Waals surface area contributed by atoms with E-state index in [1.807, 2.05) is 0 Å². The summed E-state index contributed by atoms with van der Waals surface area (Å²) in [6.07, 6.45) is 0. The minimum absolute atomic E-state index is 0.193. The van der Waals surface area contributed by atoms with Crippen LogP contribution in [0, 0.1) is 24.4 Å². The molecule has 144 valence electrons. The van der Waals surface area contributed by atoms with Crippen LogP contribution in [-0.2, 0) is 4.79 Å². The van der Waals surface area contributed by atoms with E-state index in [1.165, 1.54) is 13.0 Å². The molecule has 0 bridgehead atoms. The second kappa shape index (κ2) is 7.95. The molecule has 0 aliphatic carbocycles. The standard InChI is InChI=1S/C19H16F3N5O/c1-10-8-16(26-15-7-6-14(20)17(21)18(15)22)27-19(23-10)25-13-5-3-4-12(9-13)24-11(2)28/h3-9H,1-2H3,(H,24,28)(H2,23,25,26,27). The van der Waals surface area contributed by atoms with Crippen molar-refractivity contribution in [3.63, 3.8) is 0 Å². The van der Waals surface area contributed by atoms with Crippen LogP contribution in [0.4, 0.5) is 42.0 Å². The Labute approximate surface area is 158 Å². The highest BCUT2D eigenvalue weighted by molar-refractivity contribution is 5.89. The summed E-state index contributed by atoms with van der Waals surface area (Å²) in [6.45, 7) is 3.10. The zero-order valence-corrected chi connectivity index (χ0v) is 15.0. The molecule has 1 heterocycles. The molecule has 28 heavy (non-hydrogen) atoms. The van der Waals surface area contributed by atoms with Crippen molar-refractivity contribution in [3.8, 4) is 0 Å². The Bertz CT molecular complexity index is 1040. The van der Waals surface area contributed by atoms with Crippen molar-refractivity contribution in [2.75, 3.05) is 16.0 Å². The third-order valence-corrected chi connectivity index (χ3v) is 3.59. The number of aromatic nitrogens is 2. The summed E-state index contributed by atoms with van der Waals surface area (Å²) in [6, 6.07) is 10.3. The fraction of sp³-hybridized carbons (Fsp3) is 0.105. The van der Waals surface area contributed by atoms with Gasteiger partial charge >= 0.3 is 0 Å². The highest BCUT2D eigenvalue weighted by Crippen LogP contribution is 2.24. The summed E-state index contributed by atoms with van der Waals surface area (Å²) < 4.78 is 40.4. The molecule has 0 fully saturated rings. The second-order valence-corrected chi connectivity index (χ2v) is 5.95. The summed E-state index contributed by atoms with van der Waals surface area (Å²) in [4.78, 5) is 19.6. The van der Waals surface area contributed by atoms with Gasteiger partial charge in [0.15, 0.2) is 17.5 Å². The molecule has 0 aliphatic rings. The molecule has 0 aliphatic heterocycles. The highest BCUT2D eigenvalue weighted by atomic mass is 19.2. The Morgan fingerprint density at radius 1 is 0.929 bits per heavy atom. The highest BCUT2D eigenvalue weighted by Gasteiger charge is 2.14. The summed E-state index contributed by atoms with van der Waals surface area (Å²) >= 11 is 0. The molecular formula is C19H16F3N5O. The monoisotopic (exact) mass is 387 g/mol. The van der Waals surface area contributed by atoms with Crippen LogP contribution in [0.15, 0.2) is 42.5 Å². The van der Waals surface area contributed by atoms with E-state index in [4.69, 9.17) is 0 Å². The number of hydrogen-bond donors (Lipinski definition) is 3. The van der Waals surface area contributed by atoms with E-state index in [0.29, 0.717) is 17.1 Å². The van der Waals surface area contributed by atoms with Crippen molar-refractivity contribution in [1.29, 1.82) is 0 Å². The Morgan fingerprint density at radius 2 is 1.68 bits per heavy atom. The molecule has 0 saturated carbocycles. The number of rotatable bonds is 5. The minimum Gasteiger partial charge on any atom is -0.338 e. The van der Waals surface area contributed by atoms with Gasteiger partial charge in [0.2, 0.25) is 11.9 Å². The normalized spacial score (nSPS) is 10.5. The van der Waals surface area contributed by atoms with Gasteiger partial charge in [-0.15, -0.1) is 0 Å². The van der Waals surface area contributed by atoms with Crippen LogP contribution in [0.5, 0.6) is 0 Å². The molecule has 9 heteroatoms. The number of aryl methyl sites for hydroxylation is 1. The largest absolute Gasteiger partial charge is 0.338 e. The first-order valence-corrected chi connectivity index (χ1v) is 8.22. The van der Waals surface area contributed by atoms with Crippen LogP contribution in [0.3, 0.4) is 0 Å². The quantitative estimate of drug-likeness (QED) is 0.556. The van der Waals surface area contributed by atoms with Crippen LogP contribution >= 0.6 is 0 Å². The second-order valence-electron chi connectivity index (χ2n) is 5.95. The van der Waals surface area contributed by atoms with Crippen molar-refractivity contribution in [2.24, 2.45) is 0 Å². The first-order chi connectivity index (χ1) is 13.3. The number of anilines is 5. The number of carbonyl (C=O) groups is 1. The summed E-state index contributed by atoms with van der Waals surface area (Å²) in [5.41, 5.74) is 1.51. The van der Waals surface area contributed by atoms with Crippen LogP contribution in [-0.4, -0.2) is 15.9 Å². The first kappa shape index (κ1) is 19.2. The lowest BCUT2D eigenvalue weighted by Gasteiger charge is -2.11. The average molecular weight is 387 g/mol. The summed E-state index contributed by atoms with van der Waals surface area (Å²) in [5.74, 6) is -3.99. The number of halogens is 3. The predicted molar refractivity (Wildman–Crippen MR) is 100 cm³/mol. The summed E-state index contributed by atoms with van der Waals surface area (Å²) in [7, 11) is 0. The van der Waals surface area contributed by atoms with Crippen molar-refractivity contribution < 1.29 is 18.0 Å². The summed E-state index contributed by atoms with van der Waals surface area (Å²) in [5, 5.41) is 8.26. The molecule has 0 spiro atoms. The maximum absolute atomic E-state index is 13.9. The molecule has 3 N–H and O–H groups in total. The molecule has 2 aromatic carbocycles. The number of hydrogen-bond acceptors (Lipinski definition) is 5. The van der Waals surface area contributed by atoms with E-state index in [1.54, 1.807) is 31.2 Å². The third-order valence-electron chi connectivity index (χ3n) is 3.59. The van der Waals surface area contributed by atoms with Crippen LogP contribution in [0.25, 0.3) is 0 Å². The van der Waals surface area contributed by atoms with Crippen molar-refractivity contribution in [2.45, 2.75) is 13.8 Å². The molecule has 0 unspecified atom stereocenters. The van der Waals surface area contributed by atoms with Crippen molar-refractivity contribution >= 4 is 34.7 Å². The molecule has 3 rings (SSSR count). The zero-order chi connectivity index (χ0) is 20.3. The van der Waals surface area contributed by atoms with E-state index in [2.05, 4.69) is 25.9 Å². The lowest BCUT2D eigenvalue weighted by molar-refractivity contribution is -0.114. The van der Waals surface area contributed by atoms with E-state index >= 15 is 0 Å². The van der Waals surface area contributed by atoms with E-state index in [-0.39, 0.29) is 23.4 Å². The van der Waals surface area contributed by atoms with Gasteiger partial charge in [0.25, 0.3) is 0 Å². The first-order valence-electron chi connectivity index (χ1n) is 8.22. The van der Waals surface area contributed by atoms with Crippen LogP contribution < -0.4 is 16.0 Å². The van der Waals surface area contributed by atoms with E-state index in [0.717, 1.165) is 12.1 Å². The maximum atomic E-state index is 13.9. The topological polar surface area (TPSA) is 78.9 Å². The Balaban J connectivity index is 1.84. The van der Waals surface area contributed by atoms with E-state index < -0.39 is 17.5 Å². The molecule has 1 amide bonds. The van der Waals surface area contributed by atoms with Gasteiger partial charge in [0.05, 0.1) is 5.69 Å².